The van der Waals surface area contributed by atoms with Crippen molar-refractivity contribution in [3.05, 3.63) is 34.9 Å². The van der Waals surface area contributed by atoms with Gasteiger partial charge in [0.05, 0.1) is 13.2 Å². The molecule has 0 aromatic heterocycles. The van der Waals surface area contributed by atoms with Gasteiger partial charge in [-0.25, -0.2) is 0 Å². The molecule has 1 aromatic rings. The Morgan fingerprint density at radius 3 is 2.41 bits per heavy atom. The van der Waals surface area contributed by atoms with Crippen molar-refractivity contribution >= 4 is 27.5 Å². The first kappa shape index (κ1) is 15.0. The first-order chi connectivity index (χ1) is 8.17. The fourth-order valence-electron chi connectivity index (χ4n) is 1.67. The normalized spacial score (nSPS) is 11.8. The van der Waals surface area contributed by atoms with Gasteiger partial charge in [-0.1, -0.05) is 59.6 Å². The van der Waals surface area contributed by atoms with Gasteiger partial charge in [0.15, 0.2) is 0 Å². The molecule has 0 unspecified atom stereocenters. The van der Waals surface area contributed by atoms with Gasteiger partial charge >= 0.3 is 0 Å². The van der Waals surface area contributed by atoms with E-state index in [2.05, 4.69) is 29.8 Å². The summed E-state index contributed by atoms with van der Waals surface area (Å²) in [6, 6.07) is 7.84. The van der Waals surface area contributed by atoms with Gasteiger partial charge in [0, 0.05) is 15.8 Å². The standard InChI is InChI=1S/C14H20BrClO/c1-3-14(4-2,10-15)11-17-9-12-7-5-6-8-13(12)16/h5-8H,3-4,9-11H2,1-2H3. The van der Waals surface area contributed by atoms with Crippen LogP contribution in [-0.2, 0) is 11.3 Å². The second-order valence-corrected chi connectivity index (χ2v) is 5.39. The maximum atomic E-state index is 6.09. The van der Waals surface area contributed by atoms with E-state index in [4.69, 9.17) is 16.3 Å². The van der Waals surface area contributed by atoms with Gasteiger partial charge in [-0.3, -0.25) is 0 Å². The Labute approximate surface area is 118 Å². The van der Waals surface area contributed by atoms with Crippen LogP contribution in [0, 0.1) is 5.41 Å². The van der Waals surface area contributed by atoms with Gasteiger partial charge in [0.2, 0.25) is 0 Å². The second kappa shape index (κ2) is 7.40. The average Bonchev–Trinajstić information content (AvgIpc) is 2.37. The van der Waals surface area contributed by atoms with Crippen molar-refractivity contribution in [1.29, 1.82) is 0 Å². The molecule has 1 rings (SSSR count). The molecule has 0 aliphatic heterocycles. The number of alkyl halides is 1. The highest BCUT2D eigenvalue weighted by molar-refractivity contribution is 9.09. The summed E-state index contributed by atoms with van der Waals surface area (Å²) in [7, 11) is 0. The summed E-state index contributed by atoms with van der Waals surface area (Å²) in [6.45, 7) is 5.79. The van der Waals surface area contributed by atoms with Crippen molar-refractivity contribution in [2.75, 3.05) is 11.9 Å². The zero-order valence-corrected chi connectivity index (χ0v) is 12.9. The zero-order valence-electron chi connectivity index (χ0n) is 10.5. The molecule has 0 saturated heterocycles. The molecule has 0 atom stereocenters. The van der Waals surface area contributed by atoms with Crippen LogP contribution in [0.15, 0.2) is 24.3 Å². The summed E-state index contributed by atoms with van der Waals surface area (Å²) in [6.07, 6.45) is 2.24. The van der Waals surface area contributed by atoms with Gasteiger partial charge in [-0.2, -0.15) is 0 Å². The van der Waals surface area contributed by atoms with Crippen LogP contribution < -0.4 is 0 Å². The summed E-state index contributed by atoms with van der Waals surface area (Å²) in [5.41, 5.74) is 1.31. The summed E-state index contributed by atoms with van der Waals surface area (Å²) in [5.74, 6) is 0. The van der Waals surface area contributed by atoms with Crippen molar-refractivity contribution in [3.8, 4) is 0 Å². The Kier molecular flexibility index (Phi) is 6.53. The first-order valence-corrected chi connectivity index (χ1v) is 7.54. The molecular formula is C14H20BrClO. The Morgan fingerprint density at radius 1 is 1.24 bits per heavy atom. The lowest BCUT2D eigenvalue weighted by Gasteiger charge is -2.29. The SMILES string of the molecule is CCC(CC)(CBr)COCc1ccccc1Cl. The number of hydrogen-bond acceptors (Lipinski definition) is 1. The van der Waals surface area contributed by atoms with Gasteiger partial charge < -0.3 is 4.74 Å². The Bertz CT molecular complexity index is 328. The summed E-state index contributed by atoms with van der Waals surface area (Å²) in [4.78, 5) is 0. The predicted octanol–water partition coefficient (Wildman–Crippen LogP) is 5.06. The fraction of sp³-hybridized carbons (Fsp3) is 0.571. The van der Waals surface area contributed by atoms with Gasteiger partial charge in [-0.05, 0) is 24.5 Å². The van der Waals surface area contributed by atoms with Gasteiger partial charge in [0.25, 0.3) is 0 Å². The number of benzene rings is 1. The third-order valence-corrected chi connectivity index (χ3v) is 4.97. The molecule has 3 heteroatoms. The highest BCUT2D eigenvalue weighted by Crippen LogP contribution is 2.29. The lowest BCUT2D eigenvalue weighted by molar-refractivity contribution is 0.0413. The van der Waals surface area contributed by atoms with Crippen LogP contribution in [-0.4, -0.2) is 11.9 Å². The lowest BCUT2D eigenvalue weighted by atomic mass is 9.86. The van der Waals surface area contributed by atoms with E-state index in [-0.39, 0.29) is 5.41 Å². The van der Waals surface area contributed by atoms with E-state index in [0.29, 0.717) is 6.61 Å². The smallest absolute Gasteiger partial charge is 0.0731 e. The van der Waals surface area contributed by atoms with Gasteiger partial charge in [-0.15, -0.1) is 0 Å². The molecule has 0 saturated carbocycles. The predicted molar refractivity (Wildman–Crippen MR) is 77.9 cm³/mol. The minimum atomic E-state index is 0.251. The van der Waals surface area contributed by atoms with Crippen molar-refractivity contribution in [1.82, 2.24) is 0 Å². The van der Waals surface area contributed by atoms with E-state index in [1.54, 1.807) is 0 Å². The lowest BCUT2D eigenvalue weighted by Crippen LogP contribution is -2.27. The quantitative estimate of drug-likeness (QED) is 0.638. The molecule has 0 heterocycles. The Morgan fingerprint density at radius 2 is 1.88 bits per heavy atom. The second-order valence-electron chi connectivity index (χ2n) is 4.42. The fourth-order valence-corrected chi connectivity index (χ4v) is 2.82. The zero-order chi connectivity index (χ0) is 12.7. The molecule has 0 aliphatic carbocycles. The number of halogens is 2. The van der Waals surface area contributed by atoms with Crippen LogP contribution in [0.1, 0.15) is 32.3 Å². The third-order valence-electron chi connectivity index (χ3n) is 3.41. The monoisotopic (exact) mass is 318 g/mol. The maximum absolute atomic E-state index is 6.09. The van der Waals surface area contributed by atoms with Crippen LogP contribution in [0.4, 0.5) is 0 Å². The van der Waals surface area contributed by atoms with E-state index in [1.165, 1.54) is 0 Å². The molecular weight excluding hydrogens is 300 g/mol. The minimum Gasteiger partial charge on any atom is -0.376 e. The van der Waals surface area contributed by atoms with Crippen molar-refractivity contribution < 1.29 is 4.74 Å². The molecule has 0 N–H and O–H groups in total. The molecule has 0 fully saturated rings. The van der Waals surface area contributed by atoms with Crippen molar-refractivity contribution in [2.24, 2.45) is 5.41 Å². The summed E-state index contributed by atoms with van der Waals surface area (Å²) in [5, 5.41) is 1.76. The van der Waals surface area contributed by atoms with Crippen molar-refractivity contribution in [3.63, 3.8) is 0 Å². The van der Waals surface area contributed by atoms with Crippen LogP contribution >= 0.6 is 27.5 Å². The Hall–Kier alpha value is -0.0500. The number of rotatable bonds is 7. The summed E-state index contributed by atoms with van der Waals surface area (Å²) >= 11 is 9.67. The van der Waals surface area contributed by atoms with Crippen LogP contribution in [0.2, 0.25) is 5.02 Å². The first-order valence-electron chi connectivity index (χ1n) is 6.04. The molecule has 0 radical (unpaired) electrons. The average molecular weight is 320 g/mol. The molecule has 96 valence electrons. The van der Waals surface area contributed by atoms with Gasteiger partial charge in [0.1, 0.15) is 0 Å². The van der Waals surface area contributed by atoms with Crippen molar-refractivity contribution in [2.45, 2.75) is 33.3 Å². The van der Waals surface area contributed by atoms with E-state index >= 15 is 0 Å². The van der Waals surface area contributed by atoms with E-state index in [1.807, 2.05) is 24.3 Å². The topological polar surface area (TPSA) is 9.23 Å². The molecule has 0 spiro atoms. The third kappa shape index (κ3) is 4.27. The number of ether oxygens (including phenoxy) is 1. The van der Waals surface area contributed by atoms with E-state index < -0.39 is 0 Å². The van der Waals surface area contributed by atoms with Crippen LogP contribution in [0.25, 0.3) is 0 Å². The molecule has 1 nitrogen and oxygen atoms in total. The largest absolute Gasteiger partial charge is 0.376 e. The summed E-state index contributed by atoms with van der Waals surface area (Å²) < 4.78 is 5.82. The maximum Gasteiger partial charge on any atom is 0.0731 e. The number of hydrogen-bond donors (Lipinski definition) is 0. The highest BCUT2D eigenvalue weighted by Gasteiger charge is 2.24. The van der Waals surface area contributed by atoms with E-state index in [9.17, 15) is 0 Å². The van der Waals surface area contributed by atoms with Crippen LogP contribution in [0.3, 0.4) is 0 Å². The molecule has 1 aromatic carbocycles. The molecule has 0 aliphatic rings. The minimum absolute atomic E-state index is 0.251. The highest BCUT2D eigenvalue weighted by atomic mass is 79.9. The van der Waals surface area contributed by atoms with Crippen LogP contribution in [0.5, 0.6) is 0 Å². The molecule has 17 heavy (non-hydrogen) atoms. The van der Waals surface area contributed by atoms with E-state index in [0.717, 1.165) is 35.4 Å². The molecule has 0 amide bonds. The Balaban J connectivity index is 2.49. The molecule has 0 bridgehead atoms.